The molecule has 1 aliphatic carbocycles. The lowest BCUT2D eigenvalue weighted by atomic mass is 9.82. The maximum Gasteiger partial charge on any atom is 0.0387 e. The van der Waals surface area contributed by atoms with Gasteiger partial charge in [0.15, 0.2) is 0 Å². The summed E-state index contributed by atoms with van der Waals surface area (Å²) in [6, 6.07) is 13.4. The molecule has 1 nitrogen and oxygen atoms in total. The number of hydrogen-bond donors (Lipinski definition) is 1. The highest BCUT2D eigenvalue weighted by Gasteiger charge is 2.35. The number of hydrogen-bond acceptors (Lipinski definition) is 1. The molecule has 0 heterocycles. The molecule has 0 saturated carbocycles. The van der Waals surface area contributed by atoms with E-state index in [0.717, 1.165) is 11.4 Å². The summed E-state index contributed by atoms with van der Waals surface area (Å²) in [5.74, 6) is 0. The molecule has 2 aromatic rings. The van der Waals surface area contributed by atoms with Crippen LogP contribution in [0.1, 0.15) is 30.5 Å². The minimum atomic E-state index is 0.0187. The fraction of sp³-hybridized carbons (Fsp3) is 0.182. The summed E-state index contributed by atoms with van der Waals surface area (Å²) in [5.41, 5.74) is 8.82. The molecule has 1 aliphatic rings. The second kappa shape index (κ2) is 5.58. The third kappa shape index (κ3) is 2.53. The molecule has 0 bridgehead atoms. The number of benzene rings is 2. The molecule has 0 spiro atoms. The molecule has 1 N–H and O–H groups in total. The Labute approximate surface area is 139 Å². The van der Waals surface area contributed by atoms with E-state index in [1.54, 1.807) is 12.2 Å². The third-order valence-corrected chi connectivity index (χ3v) is 4.64. The number of fused-ring (bicyclic) bond motifs is 3. The van der Waals surface area contributed by atoms with Gasteiger partial charge in [0, 0.05) is 16.8 Å². The zero-order valence-electron chi connectivity index (χ0n) is 14.1. The molecule has 0 radical (unpaired) electrons. The summed E-state index contributed by atoms with van der Waals surface area (Å²) in [6.45, 7) is 14.3. The highest BCUT2D eigenvalue weighted by atomic mass is 14.9. The topological polar surface area (TPSA) is 12.0 Å². The maximum absolute atomic E-state index is 3.84. The Morgan fingerprint density at radius 3 is 2.30 bits per heavy atom. The Bertz CT molecular complexity index is 822. The van der Waals surface area contributed by atoms with Gasteiger partial charge in [0.1, 0.15) is 0 Å². The maximum atomic E-state index is 3.84. The molecular weight excluding hydrogens is 278 g/mol. The largest absolute Gasteiger partial charge is 0.356 e. The van der Waals surface area contributed by atoms with E-state index in [0.29, 0.717) is 0 Å². The van der Waals surface area contributed by atoms with Crippen LogP contribution in [0.3, 0.4) is 0 Å². The van der Waals surface area contributed by atoms with Gasteiger partial charge in [-0.15, -0.1) is 0 Å². The fourth-order valence-electron chi connectivity index (χ4n) is 3.38. The average Bonchev–Trinajstić information content (AvgIpc) is 2.75. The van der Waals surface area contributed by atoms with Gasteiger partial charge in [0.2, 0.25) is 0 Å². The molecular formula is C22H23N. The van der Waals surface area contributed by atoms with E-state index in [9.17, 15) is 0 Å². The average molecular weight is 301 g/mol. The lowest BCUT2D eigenvalue weighted by Crippen LogP contribution is -2.15. The number of allylic oxidation sites excluding steroid dienone is 3. The summed E-state index contributed by atoms with van der Waals surface area (Å²) < 4.78 is 0. The van der Waals surface area contributed by atoms with E-state index in [2.05, 4.69) is 75.6 Å². The molecule has 0 aliphatic heterocycles. The van der Waals surface area contributed by atoms with Crippen LogP contribution in [0.15, 0.2) is 73.5 Å². The molecule has 0 atom stereocenters. The van der Waals surface area contributed by atoms with E-state index in [-0.39, 0.29) is 5.41 Å². The SMILES string of the molecule is C=C/C=C(\C=C)Nc1ccc2c(c1)C(C)(C)c1cc(C)ccc1-2. The first-order valence-electron chi connectivity index (χ1n) is 7.95. The summed E-state index contributed by atoms with van der Waals surface area (Å²) in [6.07, 6.45) is 5.49. The van der Waals surface area contributed by atoms with Gasteiger partial charge in [-0.2, -0.15) is 0 Å². The molecule has 0 fully saturated rings. The molecule has 3 rings (SSSR count). The first kappa shape index (κ1) is 15.4. The molecule has 0 aromatic heterocycles. The van der Waals surface area contributed by atoms with Gasteiger partial charge >= 0.3 is 0 Å². The molecule has 23 heavy (non-hydrogen) atoms. The highest BCUT2D eigenvalue weighted by Crippen LogP contribution is 2.49. The number of nitrogens with one attached hydrogen (secondary N) is 1. The first-order valence-corrected chi connectivity index (χ1v) is 7.95. The summed E-state index contributed by atoms with van der Waals surface area (Å²) in [7, 11) is 0. The summed E-state index contributed by atoms with van der Waals surface area (Å²) >= 11 is 0. The van der Waals surface area contributed by atoms with Crippen molar-refractivity contribution < 1.29 is 0 Å². The van der Waals surface area contributed by atoms with Crippen LogP contribution in [-0.4, -0.2) is 0 Å². The number of aryl methyl sites for hydroxylation is 1. The molecule has 0 unspecified atom stereocenters. The van der Waals surface area contributed by atoms with Crippen LogP contribution in [0, 0.1) is 6.92 Å². The van der Waals surface area contributed by atoms with Crippen molar-refractivity contribution in [2.75, 3.05) is 5.32 Å². The molecule has 2 aromatic carbocycles. The van der Waals surface area contributed by atoms with Gasteiger partial charge in [-0.05, 0) is 53.5 Å². The van der Waals surface area contributed by atoms with E-state index in [1.807, 2.05) is 6.08 Å². The predicted octanol–water partition coefficient (Wildman–Crippen LogP) is 5.97. The Kier molecular flexibility index (Phi) is 3.73. The minimum absolute atomic E-state index is 0.0187. The Hall–Kier alpha value is -2.54. The van der Waals surface area contributed by atoms with Crippen molar-refractivity contribution in [2.45, 2.75) is 26.2 Å². The Morgan fingerprint density at radius 1 is 1.00 bits per heavy atom. The number of rotatable bonds is 4. The van der Waals surface area contributed by atoms with Crippen molar-refractivity contribution in [3.63, 3.8) is 0 Å². The van der Waals surface area contributed by atoms with Crippen LogP contribution in [-0.2, 0) is 5.41 Å². The first-order chi connectivity index (χ1) is 11.0. The minimum Gasteiger partial charge on any atom is -0.356 e. The van der Waals surface area contributed by atoms with E-state index in [4.69, 9.17) is 0 Å². The van der Waals surface area contributed by atoms with Gasteiger partial charge in [0.25, 0.3) is 0 Å². The summed E-state index contributed by atoms with van der Waals surface area (Å²) in [5, 5.41) is 3.41. The van der Waals surface area contributed by atoms with Crippen molar-refractivity contribution >= 4 is 5.69 Å². The number of anilines is 1. The quantitative estimate of drug-likeness (QED) is 0.686. The van der Waals surface area contributed by atoms with Gasteiger partial charge in [-0.3, -0.25) is 0 Å². The monoisotopic (exact) mass is 301 g/mol. The third-order valence-electron chi connectivity index (χ3n) is 4.64. The molecule has 116 valence electrons. The van der Waals surface area contributed by atoms with Crippen molar-refractivity contribution in [2.24, 2.45) is 0 Å². The van der Waals surface area contributed by atoms with Crippen molar-refractivity contribution in [1.29, 1.82) is 0 Å². The van der Waals surface area contributed by atoms with Crippen LogP contribution >= 0.6 is 0 Å². The van der Waals surface area contributed by atoms with Crippen LogP contribution in [0.2, 0.25) is 0 Å². The standard InChI is InChI=1S/C22H23N/c1-6-8-16(7-2)23-17-10-12-19-18-11-9-15(3)13-20(18)22(4,5)21(19)14-17/h6-14,23H,1-2H2,3-5H3/b16-8+. The second-order valence-corrected chi connectivity index (χ2v) is 6.62. The molecule has 0 amide bonds. The van der Waals surface area contributed by atoms with E-state index >= 15 is 0 Å². The van der Waals surface area contributed by atoms with Crippen LogP contribution in [0.5, 0.6) is 0 Å². The highest BCUT2D eigenvalue weighted by molar-refractivity contribution is 5.82. The van der Waals surface area contributed by atoms with E-state index in [1.165, 1.54) is 27.8 Å². The zero-order valence-corrected chi connectivity index (χ0v) is 14.1. The van der Waals surface area contributed by atoms with Gasteiger partial charge in [-0.25, -0.2) is 0 Å². The van der Waals surface area contributed by atoms with Crippen molar-refractivity contribution in [1.82, 2.24) is 0 Å². The zero-order chi connectivity index (χ0) is 16.6. The Balaban J connectivity index is 2.08. The van der Waals surface area contributed by atoms with Crippen LogP contribution < -0.4 is 5.32 Å². The Morgan fingerprint density at radius 2 is 1.65 bits per heavy atom. The smallest absolute Gasteiger partial charge is 0.0387 e. The lowest BCUT2D eigenvalue weighted by molar-refractivity contribution is 0.660. The molecule has 1 heteroatoms. The van der Waals surface area contributed by atoms with Gasteiger partial charge < -0.3 is 5.32 Å². The normalized spacial score (nSPS) is 14.8. The summed E-state index contributed by atoms with van der Waals surface area (Å²) in [4.78, 5) is 0. The van der Waals surface area contributed by atoms with Crippen molar-refractivity contribution in [3.05, 3.63) is 90.2 Å². The lowest BCUT2D eigenvalue weighted by Gasteiger charge is -2.22. The van der Waals surface area contributed by atoms with Gasteiger partial charge in [0.05, 0.1) is 0 Å². The van der Waals surface area contributed by atoms with Crippen molar-refractivity contribution in [3.8, 4) is 11.1 Å². The van der Waals surface area contributed by atoms with Crippen LogP contribution in [0.25, 0.3) is 11.1 Å². The van der Waals surface area contributed by atoms with Gasteiger partial charge in [-0.1, -0.05) is 62.9 Å². The fourth-order valence-corrected chi connectivity index (χ4v) is 3.38. The molecule has 0 saturated heterocycles. The van der Waals surface area contributed by atoms with Crippen LogP contribution in [0.4, 0.5) is 5.69 Å². The predicted molar refractivity (Wildman–Crippen MR) is 101 cm³/mol. The van der Waals surface area contributed by atoms with E-state index < -0.39 is 0 Å². The second-order valence-electron chi connectivity index (χ2n) is 6.62.